The Hall–Kier alpha value is -4.00. The molecule has 0 saturated carbocycles. The maximum atomic E-state index is 12.8. The van der Waals surface area contributed by atoms with E-state index in [1.54, 1.807) is 23.2 Å². The minimum absolute atomic E-state index is 0.0355. The monoisotopic (exact) mass is 427 g/mol. The summed E-state index contributed by atoms with van der Waals surface area (Å²) in [5.41, 5.74) is 3.38. The summed E-state index contributed by atoms with van der Waals surface area (Å²) in [6.45, 7) is 3.19. The van der Waals surface area contributed by atoms with Crippen molar-refractivity contribution in [1.29, 1.82) is 0 Å². The Balaban J connectivity index is 1.46. The SMILES string of the molecule is CCCCn1cnc2ccc(-c3ccc(NC(=O)NCc4ccccc4)nc3)cc2c1=O. The largest absolute Gasteiger partial charge is 0.334 e. The van der Waals surface area contributed by atoms with Crippen LogP contribution in [-0.2, 0) is 13.1 Å². The lowest BCUT2D eigenvalue weighted by Crippen LogP contribution is -2.28. The van der Waals surface area contributed by atoms with Crippen LogP contribution in [0, 0.1) is 0 Å². The van der Waals surface area contributed by atoms with Crippen molar-refractivity contribution in [3.8, 4) is 11.1 Å². The number of nitrogens with zero attached hydrogens (tertiary/aromatic N) is 3. The molecule has 0 unspecified atom stereocenters. The van der Waals surface area contributed by atoms with Crippen molar-refractivity contribution in [2.45, 2.75) is 32.9 Å². The van der Waals surface area contributed by atoms with Gasteiger partial charge >= 0.3 is 6.03 Å². The summed E-state index contributed by atoms with van der Waals surface area (Å²) in [5, 5.41) is 6.12. The molecule has 4 rings (SSSR count). The Morgan fingerprint density at radius 2 is 1.81 bits per heavy atom. The number of rotatable bonds is 7. The van der Waals surface area contributed by atoms with Crippen molar-refractivity contribution in [1.82, 2.24) is 19.9 Å². The molecule has 0 saturated heterocycles. The summed E-state index contributed by atoms with van der Waals surface area (Å²) in [5.74, 6) is 0.448. The molecule has 2 aromatic carbocycles. The third-order valence-corrected chi connectivity index (χ3v) is 5.21. The van der Waals surface area contributed by atoms with Crippen LogP contribution >= 0.6 is 0 Å². The van der Waals surface area contributed by atoms with Gasteiger partial charge in [0.05, 0.1) is 17.2 Å². The molecule has 0 spiro atoms. The first-order valence-electron chi connectivity index (χ1n) is 10.7. The van der Waals surface area contributed by atoms with E-state index >= 15 is 0 Å². The van der Waals surface area contributed by atoms with Crippen LogP contribution in [0.15, 0.2) is 78.0 Å². The quantitative estimate of drug-likeness (QED) is 0.452. The van der Waals surface area contributed by atoms with Crippen LogP contribution in [0.2, 0.25) is 0 Å². The Morgan fingerprint density at radius 1 is 1.00 bits per heavy atom. The van der Waals surface area contributed by atoms with Crippen LogP contribution in [-0.4, -0.2) is 20.6 Å². The first kappa shape index (κ1) is 21.2. The van der Waals surface area contributed by atoms with E-state index in [0.29, 0.717) is 29.8 Å². The number of hydrogen-bond donors (Lipinski definition) is 2. The summed E-state index contributed by atoms with van der Waals surface area (Å²) >= 11 is 0. The van der Waals surface area contributed by atoms with E-state index < -0.39 is 0 Å². The predicted molar refractivity (Wildman–Crippen MR) is 126 cm³/mol. The molecule has 0 bridgehead atoms. The molecule has 0 radical (unpaired) electrons. The van der Waals surface area contributed by atoms with Crippen molar-refractivity contribution in [2.24, 2.45) is 0 Å². The third kappa shape index (κ3) is 5.00. The van der Waals surface area contributed by atoms with E-state index in [9.17, 15) is 9.59 Å². The number of aromatic nitrogens is 3. The van der Waals surface area contributed by atoms with Crippen LogP contribution in [0.1, 0.15) is 25.3 Å². The van der Waals surface area contributed by atoms with Gasteiger partial charge in [0.25, 0.3) is 5.56 Å². The van der Waals surface area contributed by atoms with Gasteiger partial charge in [-0.15, -0.1) is 0 Å². The Kier molecular flexibility index (Phi) is 6.55. The van der Waals surface area contributed by atoms with Crippen LogP contribution in [0.3, 0.4) is 0 Å². The zero-order valence-corrected chi connectivity index (χ0v) is 17.9. The summed E-state index contributed by atoms with van der Waals surface area (Å²) < 4.78 is 1.66. The molecule has 2 N–H and O–H groups in total. The normalized spacial score (nSPS) is 10.8. The zero-order chi connectivity index (χ0) is 22.3. The lowest BCUT2D eigenvalue weighted by molar-refractivity contribution is 0.251. The average Bonchev–Trinajstić information content (AvgIpc) is 2.83. The van der Waals surface area contributed by atoms with Gasteiger partial charge in [0, 0.05) is 24.8 Å². The van der Waals surface area contributed by atoms with Crippen LogP contribution in [0.4, 0.5) is 10.6 Å². The predicted octanol–water partition coefficient (Wildman–Crippen LogP) is 4.58. The molecule has 0 aliphatic carbocycles. The average molecular weight is 428 g/mol. The fourth-order valence-corrected chi connectivity index (χ4v) is 3.40. The number of anilines is 1. The highest BCUT2D eigenvalue weighted by atomic mass is 16.2. The topological polar surface area (TPSA) is 88.9 Å². The summed E-state index contributed by atoms with van der Waals surface area (Å²) in [6, 6.07) is 18.6. The number of carbonyl (C=O) groups is 1. The second-order valence-electron chi connectivity index (χ2n) is 7.55. The highest BCUT2D eigenvalue weighted by Crippen LogP contribution is 2.22. The third-order valence-electron chi connectivity index (χ3n) is 5.21. The number of hydrogen-bond acceptors (Lipinski definition) is 4. The van der Waals surface area contributed by atoms with Gasteiger partial charge in [0.15, 0.2) is 0 Å². The summed E-state index contributed by atoms with van der Waals surface area (Å²) in [6.07, 6.45) is 5.25. The number of carbonyl (C=O) groups excluding carboxylic acids is 1. The fraction of sp³-hybridized carbons (Fsp3) is 0.200. The number of benzene rings is 2. The van der Waals surface area contributed by atoms with Gasteiger partial charge in [0.1, 0.15) is 5.82 Å². The van der Waals surface area contributed by atoms with Crippen molar-refractivity contribution >= 4 is 22.8 Å². The number of fused-ring (bicyclic) bond motifs is 1. The van der Waals surface area contributed by atoms with Crippen LogP contribution in [0.25, 0.3) is 22.0 Å². The Morgan fingerprint density at radius 3 is 2.56 bits per heavy atom. The minimum atomic E-state index is -0.321. The molecular formula is C25H25N5O2. The number of amides is 2. The lowest BCUT2D eigenvalue weighted by atomic mass is 10.1. The van der Waals surface area contributed by atoms with E-state index in [1.165, 1.54) is 0 Å². The maximum Gasteiger partial charge on any atom is 0.320 e. The maximum absolute atomic E-state index is 12.8. The minimum Gasteiger partial charge on any atom is -0.334 e. The first-order valence-corrected chi connectivity index (χ1v) is 10.7. The molecule has 7 nitrogen and oxygen atoms in total. The zero-order valence-electron chi connectivity index (χ0n) is 17.9. The fourth-order valence-electron chi connectivity index (χ4n) is 3.40. The molecule has 2 amide bonds. The van der Waals surface area contributed by atoms with E-state index in [2.05, 4.69) is 27.5 Å². The number of aryl methyl sites for hydroxylation is 1. The molecule has 0 aliphatic rings. The molecule has 7 heteroatoms. The second-order valence-corrected chi connectivity index (χ2v) is 7.55. The van der Waals surface area contributed by atoms with Crippen LogP contribution < -0.4 is 16.2 Å². The number of urea groups is 1. The Labute approximate surface area is 186 Å². The molecule has 32 heavy (non-hydrogen) atoms. The standard InChI is InChI=1S/C25H25N5O2/c1-2-3-13-30-17-28-22-11-9-19(14-21(22)24(30)31)20-10-12-23(26-16-20)29-25(32)27-15-18-7-5-4-6-8-18/h4-12,14,16-17H,2-3,13,15H2,1H3,(H2,26,27,29,32). The molecule has 162 valence electrons. The van der Waals surface area contributed by atoms with Crippen molar-refractivity contribution in [3.05, 3.63) is 89.1 Å². The molecule has 0 atom stereocenters. The van der Waals surface area contributed by atoms with Gasteiger partial charge in [0.2, 0.25) is 0 Å². The first-order chi connectivity index (χ1) is 15.6. The lowest BCUT2D eigenvalue weighted by Gasteiger charge is -2.09. The van der Waals surface area contributed by atoms with Crippen molar-refractivity contribution < 1.29 is 4.79 Å². The van der Waals surface area contributed by atoms with Crippen molar-refractivity contribution in [2.75, 3.05) is 5.32 Å². The summed E-state index contributed by atoms with van der Waals surface area (Å²) in [7, 11) is 0. The summed E-state index contributed by atoms with van der Waals surface area (Å²) in [4.78, 5) is 33.7. The van der Waals surface area contributed by atoms with Gasteiger partial charge in [-0.2, -0.15) is 0 Å². The highest BCUT2D eigenvalue weighted by molar-refractivity contribution is 5.88. The highest BCUT2D eigenvalue weighted by Gasteiger charge is 2.08. The number of pyridine rings is 1. The molecule has 0 aliphatic heterocycles. The van der Waals surface area contributed by atoms with Crippen LogP contribution in [0.5, 0.6) is 0 Å². The van der Waals surface area contributed by atoms with Gasteiger partial charge in [-0.1, -0.05) is 49.7 Å². The molecule has 4 aromatic rings. The second kappa shape index (κ2) is 9.87. The molecular weight excluding hydrogens is 402 g/mol. The van der Waals surface area contributed by atoms with E-state index in [-0.39, 0.29) is 11.6 Å². The molecule has 2 heterocycles. The number of unbranched alkanes of at least 4 members (excludes halogenated alkanes) is 1. The smallest absolute Gasteiger partial charge is 0.320 e. The van der Waals surface area contributed by atoms with Gasteiger partial charge in [-0.3, -0.25) is 14.7 Å². The van der Waals surface area contributed by atoms with Gasteiger partial charge in [-0.05, 0) is 41.8 Å². The van der Waals surface area contributed by atoms with E-state index in [1.807, 2.05) is 54.6 Å². The van der Waals surface area contributed by atoms with Crippen molar-refractivity contribution in [3.63, 3.8) is 0 Å². The van der Waals surface area contributed by atoms with Gasteiger partial charge in [-0.25, -0.2) is 14.8 Å². The molecule has 0 fully saturated rings. The Bertz CT molecular complexity index is 1270. The van der Waals surface area contributed by atoms with E-state index in [4.69, 9.17) is 0 Å². The number of nitrogens with one attached hydrogen (secondary N) is 2. The van der Waals surface area contributed by atoms with E-state index in [0.717, 1.165) is 29.5 Å². The molecule has 2 aromatic heterocycles. The van der Waals surface area contributed by atoms with Gasteiger partial charge < -0.3 is 5.32 Å².